The quantitative estimate of drug-likeness (QED) is 0.486. The van der Waals surface area contributed by atoms with Crippen molar-refractivity contribution in [3.63, 3.8) is 0 Å². The van der Waals surface area contributed by atoms with Crippen LogP contribution in [0.3, 0.4) is 0 Å². The number of imidazole rings is 1. The maximum atomic E-state index is 15.4. The Morgan fingerprint density at radius 1 is 1.05 bits per heavy atom. The van der Waals surface area contributed by atoms with E-state index in [0.717, 1.165) is 24.5 Å². The fourth-order valence-electron chi connectivity index (χ4n) is 5.88. The zero-order valence-corrected chi connectivity index (χ0v) is 23.8. The summed E-state index contributed by atoms with van der Waals surface area (Å²) in [6, 6.07) is 5.31. The number of aliphatic carboxylic acids is 1. The first kappa shape index (κ1) is 27.7. The maximum absolute atomic E-state index is 15.4. The molecule has 11 nitrogen and oxygen atoms in total. The summed E-state index contributed by atoms with van der Waals surface area (Å²) in [4.78, 5) is 52.0. The molecule has 0 saturated carbocycles. The van der Waals surface area contributed by atoms with Gasteiger partial charge in [-0.1, -0.05) is 0 Å². The Balaban J connectivity index is 1.18. The van der Waals surface area contributed by atoms with Crippen molar-refractivity contribution in [1.29, 1.82) is 0 Å². The number of amides is 2. The molecule has 1 atom stereocenters. The Morgan fingerprint density at radius 2 is 1.81 bits per heavy atom. The molecule has 0 radical (unpaired) electrons. The molecule has 0 spiro atoms. The molecule has 3 aromatic rings. The first-order chi connectivity index (χ1) is 20.0. The minimum Gasteiger partial charge on any atom is -0.479 e. The van der Waals surface area contributed by atoms with Crippen LogP contribution in [0, 0.1) is 5.82 Å². The molecule has 0 bridgehead atoms. The van der Waals surface area contributed by atoms with Crippen LogP contribution in [0.4, 0.5) is 15.0 Å². The summed E-state index contributed by atoms with van der Waals surface area (Å²) in [6.45, 7) is 8.33. The second-order valence-electron chi connectivity index (χ2n) is 11.9. The molecule has 1 aromatic carbocycles. The van der Waals surface area contributed by atoms with Gasteiger partial charge in [0.25, 0.3) is 5.91 Å². The van der Waals surface area contributed by atoms with Crippen LogP contribution in [0.15, 0.2) is 36.8 Å². The highest BCUT2D eigenvalue weighted by Crippen LogP contribution is 2.37. The number of benzene rings is 1. The summed E-state index contributed by atoms with van der Waals surface area (Å²) >= 11 is 0. The second-order valence-corrected chi connectivity index (χ2v) is 11.9. The molecular weight excluding hydrogens is 543 g/mol. The first-order valence-electron chi connectivity index (χ1n) is 14.1. The molecule has 220 valence electrons. The maximum Gasteiger partial charge on any atom is 0.410 e. The summed E-state index contributed by atoms with van der Waals surface area (Å²) in [5.74, 6) is -1.58. The molecule has 1 fully saturated rings. The van der Waals surface area contributed by atoms with Gasteiger partial charge >= 0.3 is 12.1 Å². The highest BCUT2D eigenvalue weighted by Gasteiger charge is 2.42. The number of carboxylic acid groups (broad SMARTS) is 1. The summed E-state index contributed by atoms with van der Waals surface area (Å²) in [7, 11) is 0. The average Bonchev–Trinajstić information content (AvgIpc) is 3.65. The molecule has 6 rings (SSSR count). The summed E-state index contributed by atoms with van der Waals surface area (Å²) < 4.78 is 22.7. The van der Waals surface area contributed by atoms with E-state index in [-0.39, 0.29) is 23.8 Å². The van der Waals surface area contributed by atoms with Crippen molar-refractivity contribution in [2.75, 3.05) is 31.1 Å². The number of pyridine rings is 1. The van der Waals surface area contributed by atoms with Crippen molar-refractivity contribution in [2.24, 2.45) is 0 Å². The van der Waals surface area contributed by atoms with Crippen LogP contribution < -0.4 is 4.90 Å². The first-order valence-corrected chi connectivity index (χ1v) is 14.1. The van der Waals surface area contributed by atoms with Gasteiger partial charge in [-0.15, -0.1) is 0 Å². The molecule has 0 aliphatic carbocycles. The molecule has 1 N–H and O–H groups in total. The third-order valence-electron chi connectivity index (χ3n) is 7.95. The number of carboxylic acids is 1. The van der Waals surface area contributed by atoms with Gasteiger partial charge in [0.1, 0.15) is 17.2 Å². The highest BCUT2D eigenvalue weighted by molar-refractivity contribution is 6.01. The molecular formula is C30H33FN6O5. The van der Waals surface area contributed by atoms with E-state index in [1.54, 1.807) is 23.5 Å². The van der Waals surface area contributed by atoms with E-state index in [0.29, 0.717) is 49.4 Å². The Labute approximate surface area is 242 Å². The molecule has 1 saturated heterocycles. The van der Waals surface area contributed by atoms with Crippen molar-refractivity contribution >= 4 is 23.8 Å². The molecule has 2 amide bonds. The summed E-state index contributed by atoms with van der Waals surface area (Å²) in [6.07, 6.45) is 4.48. The standard InChI is InChI=1S/C30H33FN6O5/c1-30(2,3)42-29(41)35-11-9-34(10-12-35)24-7-6-18(15-32-24)19-13-20-21(22(31)14-19)16-37(27(20)38)26(28(39)40)25-23-5-4-8-36(23)17-33-25/h6-7,13-15,17,26H,4-5,8-12,16H2,1-3H3,(H,39,40). The monoisotopic (exact) mass is 576 g/mol. The van der Waals surface area contributed by atoms with Crippen molar-refractivity contribution in [3.8, 4) is 11.1 Å². The number of piperazine rings is 1. The molecule has 3 aliphatic rings. The molecule has 3 aliphatic heterocycles. The van der Waals surface area contributed by atoms with Crippen molar-refractivity contribution < 1.29 is 28.6 Å². The van der Waals surface area contributed by atoms with E-state index < -0.39 is 29.3 Å². The van der Waals surface area contributed by atoms with Gasteiger partial charge < -0.3 is 29.1 Å². The SMILES string of the molecule is CC(C)(C)OC(=O)N1CCN(c2ccc(-c3cc(F)c4c(c3)C(=O)N(C(C(=O)O)c3ncn5c3CCC5)C4)cn2)CC1. The van der Waals surface area contributed by atoms with Crippen LogP contribution >= 0.6 is 0 Å². The Kier molecular flexibility index (Phi) is 6.86. The van der Waals surface area contributed by atoms with Gasteiger partial charge in [-0.2, -0.15) is 0 Å². The van der Waals surface area contributed by atoms with Crippen molar-refractivity contribution in [2.45, 2.75) is 58.3 Å². The van der Waals surface area contributed by atoms with Crippen LogP contribution in [-0.2, 0) is 29.0 Å². The third kappa shape index (κ3) is 5.05. The van der Waals surface area contributed by atoms with Gasteiger partial charge in [0.2, 0.25) is 0 Å². The van der Waals surface area contributed by atoms with Crippen LogP contribution in [-0.4, -0.2) is 79.2 Å². The number of fused-ring (bicyclic) bond motifs is 2. The largest absolute Gasteiger partial charge is 0.479 e. The number of anilines is 1. The van der Waals surface area contributed by atoms with Crippen LogP contribution in [0.5, 0.6) is 0 Å². The topological polar surface area (TPSA) is 121 Å². The number of halogens is 1. The predicted molar refractivity (Wildman–Crippen MR) is 150 cm³/mol. The summed E-state index contributed by atoms with van der Waals surface area (Å²) in [5, 5.41) is 10.1. The third-order valence-corrected chi connectivity index (χ3v) is 7.95. The fraction of sp³-hybridized carbons (Fsp3) is 0.433. The number of nitrogens with zero attached hydrogens (tertiary/aromatic N) is 6. The lowest BCUT2D eigenvalue weighted by atomic mass is 10.0. The smallest absolute Gasteiger partial charge is 0.410 e. The lowest BCUT2D eigenvalue weighted by Gasteiger charge is -2.36. The predicted octanol–water partition coefficient (Wildman–Crippen LogP) is 3.87. The number of carbonyl (C=O) groups excluding carboxylic acids is 2. The van der Waals surface area contributed by atoms with Gasteiger partial charge in [-0.25, -0.2) is 23.9 Å². The molecule has 12 heteroatoms. The van der Waals surface area contributed by atoms with E-state index in [9.17, 15) is 19.5 Å². The average molecular weight is 577 g/mol. The van der Waals surface area contributed by atoms with Gasteiger partial charge in [-0.3, -0.25) is 4.79 Å². The molecule has 1 unspecified atom stereocenters. The van der Waals surface area contributed by atoms with Crippen molar-refractivity contribution in [1.82, 2.24) is 24.3 Å². The van der Waals surface area contributed by atoms with Gasteiger partial charge in [0, 0.05) is 61.3 Å². The Hall–Kier alpha value is -4.48. The zero-order chi connectivity index (χ0) is 29.8. The number of carbonyl (C=O) groups is 3. The van der Waals surface area contributed by atoms with Gasteiger partial charge in [0.15, 0.2) is 6.04 Å². The molecule has 5 heterocycles. The van der Waals surface area contributed by atoms with Crippen LogP contribution in [0.2, 0.25) is 0 Å². The minimum atomic E-state index is -1.29. The second kappa shape index (κ2) is 10.4. The fourth-order valence-corrected chi connectivity index (χ4v) is 5.88. The number of hydrogen-bond donors (Lipinski definition) is 1. The van der Waals surface area contributed by atoms with E-state index in [4.69, 9.17) is 4.74 Å². The van der Waals surface area contributed by atoms with Crippen LogP contribution in [0.25, 0.3) is 11.1 Å². The Morgan fingerprint density at radius 3 is 2.48 bits per heavy atom. The van der Waals surface area contributed by atoms with E-state index in [1.807, 2.05) is 37.5 Å². The number of aryl methyl sites for hydroxylation is 1. The lowest BCUT2D eigenvalue weighted by molar-refractivity contribution is -0.142. The molecule has 2 aromatic heterocycles. The normalized spacial score (nSPS) is 17.3. The lowest BCUT2D eigenvalue weighted by Crippen LogP contribution is -2.50. The molecule has 42 heavy (non-hydrogen) atoms. The number of hydrogen-bond acceptors (Lipinski definition) is 7. The van der Waals surface area contributed by atoms with E-state index >= 15 is 4.39 Å². The van der Waals surface area contributed by atoms with Crippen molar-refractivity contribution in [3.05, 3.63) is 65.1 Å². The van der Waals surface area contributed by atoms with Gasteiger partial charge in [0.05, 0.1) is 18.6 Å². The van der Waals surface area contributed by atoms with E-state index in [1.165, 1.54) is 11.0 Å². The zero-order valence-electron chi connectivity index (χ0n) is 23.8. The number of rotatable bonds is 5. The van der Waals surface area contributed by atoms with Gasteiger partial charge in [-0.05, 0) is 63.4 Å². The van der Waals surface area contributed by atoms with E-state index in [2.05, 4.69) is 14.9 Å². The highest BCUT2D eigenvalue weighted by atomic mass is 19.1. The number of aromatic nitrogens is 3. The van der Waals surface area contributed by atoms with Crippen LogP contribution in [0.1, 0.15) is 60.5 Å². The Bertz CT molecular complexity index is 1560. The number of ether oxygens (including phenoxy) is 1. The summed E-state index contributed by atoms with van der Waals surface area (Å²) in [5.41, 5.74) is 2.03. The minimum absolute atomic E-state index is 0.143.